The molecule has 0 aromatic heterocycles. The summed E-state index contributed by atoms with van der Waals surface area (Å²) >= 11 is 0. The molecule has 1 amide bonds. The highest BCUT2D eigenvalue weighted by atomic mass is 16.3. The van der Waals surface area contributed by atoms with Crippen LogP contribution in [0.2, 0.25) is 0 Å². The first-order valence-corrected chi connectivity index (χ1v) is 6.48. The number of carbonyl (C=O) groups is 1. The molecule has 0 spiro atoms. The molecule has 0 saturated heterocycles. The molecule has 5 nitrogen and oxygen atoms in total. The molecule has 0 radical (unpaired) electrons. The number of nitrogen functional groups attached to an aromatic ring is 1. The van der Waals surface area contributed by atoms with Gasteiger partial charge in [0.25, 0.3) is 5.91 Å². The second-order valence-corrected chi connectivity index (χ2v) is 4.63. The third-order valence-electron chi connectivity index (χ3n) is 2.99. The van der Waals surface area contributed by atoms with Crippen molar-refractivity contribution in [3.8, 4) is 0 Å². The van der Waals surface area contributed by atoms with Crippen molar-refractivity contribution >= 4 is 17.3 Å². The van der Waals surface area contributed by atoms with Crippen molar-refractivity contribution in [2.75, 3.05) is 44.4 Å². The molecule has 1 rings (SSSR count). The fourth-order valence-corrected chi connectivity index (χ4v) is 1.94. The van der Waals surface area contributed by atoms with E-state index in [-0.39, 0.29) is 12.5 Å². The van der Waals surface area contributed by atoms with Crippen LogP contribution in [0.3, 0.4) is 0 Å². The molecule has 0 saturated carbocycles. The Balaban J connectivity index is 2.95. The highest BCUT2D eigenvalue weighted by Crippen LogP contribution is 2.25. The van der Waals surface area contributed by atoms with Gasteiger partial charge >= 0.3 is 0 Å². The minimum Gasteiger partial charge on any atom is -0.397 e. The molecule has 0 aliphatic carbocycles. The van der Waals surface area contributed by atoms with Crippen molar-refractivity contribution in [2.45, 2.75) is 13.3 Å². The Hall–Kier alpha value is -1.75. The summed E-state index contributed by atoms with van der Waals surface area (Å²) in [4.78, 5) is 15.5. The van der Waals surface area contributed by atoms with E-state index in [9.17, 15) is 4.79 Å². The van der Waals surface area contributed by atoms with Crippen LogP contribution in [-0.4, -0.2) is 49.7 Å². The van der Waals surface area contributed by atoms with E-state index in [0.29, 0.717) is 17.7 Å². The highest BCUT2D eigenvalue weighted by Gasteiger charge is 2.12. The van der Waals surface area contributed by atoms with Crippen LogP contribution in [0.25, 0.3) is 0 Å². The summed E-state index contributed by atoms with van der Waals surface area (Å²) in [5.41, 5.74) is 8.12. The van der Waals surface area contributed by atoms with Gasteiger partial charge in [0.05, 0.1) is 11.4 Å². The first-order valence-electron chi connectivity index (χ1n) is 6.48. The summed E-state index contributed by atoms with van der Waals surface area (Å²) in [7, 11) is 3.43. The molecule has 5 heteroatoms. The van der Waals surface area contributed by atoms with Gasteiger partial charge in [-0.25, -0.2) is 0 Å². The van der Waals surface area contributed by atoms with E-state index in [1.807, 2.05) is 13.0 Å². The fraction of sp³-hybridized carbons (Fsp3) is 0.500. The average molecular weight is 265 g/mol. The molecular weight excluding hydrogens is 242 g/mol. The number of nitrogens with zero attached hydrogens (tertiary/aromatic N) is 2. The predicted octanol–water partition coefficient (Wildman–Crippen LogP) is 1.18. The first-order chi connectivity index (χ1) is 9.01. The van der Waals surface area contributed by atoms with Gasteiger partial charge in [-0.05, 0) is 31.5 Å². The van der Waals surface area contributed by atoms with Crippen LogP contribution in [0, 0.1) is 0 Å². The Morgan fingerprint density at radius 2 is 2.05 bits per heavy atom. The lowest BCUT2D eigenvalue weighted by atomic mass is 10.1. The molecule has 0 atom stereocenters. The summed E-state index contributed by atoms with van der Waals surface area (Å²) < 4.78 is 0. The standard InChI is InChI=1S/C14H23N3O2/c1-4-17(8-5-9-18)13-7-6-11(10-12(13)15)14(19)16(2)3/h6-7,10,18H,4-5,8-9,15H2,1-3H3. The molecule has 0 bridgehead atoms. The third kappa shape index (κ3) is 3.86. The summed E-state index contributed by atoms with van der Waals surface area (Å²) in [5.74, 6) is -0.0587. The van der Waals surface area contributed by atoms with Crippen molar-refractivity contribution in [1.29, 1.82) is 0 Å². The Labute approximate surface area is 114 Å². The molecule has 0 aliphatic heterocycles. The van der Waals surface area contributed by atoms with Crippen molar-refractivity contribution in [3.63, 3.8) is 0 Å². The minimum absolute atomic E-state index is 0.0587. The Kier molecular flexibility index (Phi) is 5.63. The fourth-order valence-electron chi connectivity index (χ4n) is 1.94. The number of carbonyl (C=O) groups excluding carboxylic acids is 1. The number of hydrogen-bond acceptors (Lipinski definition) is 4. The highest BCUT2D eigenvalue weighted by molar-refractivity contribution is 5.95. The SMILES string of the molecule is CCN(CCCO)c1ccc(C(=O)N(C)C)cc1N. The van der Waals surface area contributed by atoms with E-state index in [2.05, 4.69) is 4.90 Å². The molecule has 0 fully saturated rings. The van der Waals surface area contributed by atoms with E-state index in [1.165, 1.54) is 4.90 Å². The molecule has 0 heterocycles. The van der Waals surface area contributed by atoms with Crippen LogP contribution in [0.4, 0.5) is 11.4 Å². The largest absolute Gasteiger partial charge is 0.397 e. The van der Waals surface area contributed by atoms with Gasteiger partial charge in [0, 0.05) is 39.4 Å². The van der Waals surface area contributed by atoms with Gasteiger partial charge in [-0.15, -0.1) is 0 Å². The van der Waals surface area contributed by atoms with Crippen molar-refractivity contribution in [3.05, 3.63) is 23.8 Å². The maximum absolute atomic E-state index is 11.8. The normalized spacial score (nSPS) is 10.3. The van der Waals surface area contributed by atoms with Crippen LogP contribution in [-0.2, 0) is 0 Å². The second kappa shape index (κ2) is 6.99. The zero-order valence-corrected chi connectivity index (χ0v) is 11.9. The lowest BCUT2D eigenvalue weighted by Crippen LogP contribution is -2.26. The van der Waals surface area contributed by atoms with Crippen LogP contribution in [0.15, 0.2) is 18.2 Å². The van der Waals surface area contributed by atoms with Crippen molar-refractivity contribution in [1.82, 2.24) is 4.90 Å². The maximum atomic E-state index is 11.8. The topological polar surface area (TPSA) is 69.8 Å². The molecule has 0 unspecified atom stereocenters. The zero-order valence-electron chi connectivity index (χ0n) is 11.9. The molecule has 106 valence electrons. The van der Waals surface area contributed by atoms with Gasteiger partial charge in [-0.2, -0.15) is 0 Å². The number of aliphatic hydroxyl groups excluding tert-OH is 1. The number of nitrogens with two attached hydrogens (primary N) is 1. The molecular formula is C14H23N3O2. The number of benzene rings is 1. The molecule has 3 N–H and O–H groups in total. The number of amides is 1. The van der Waals surface area contributed by atoms with Gasteiger partial charge in [-0.3, -0.25) is 4.79 Å². The molecule has 1 aromatic carbocycles. The number of anilines is 2. The van der Waals surface area contributed by atoms with Crippen LogP contribution in [0.1, 0.15) is 23.7 Å². The lowest BCUT2D eigenvalue weighted by molar-refractivity contribution is 0.0827. The van der Waals surface area contributed by atoms with E-state index < -0.39 is 0 Å². The van der Waals surface area contributed by atoms with Crippen molar-refractivity contribution < 1.29 is 9.90 Å². The lowest BCUT2D eigenvalue weighted by Gasteiger charge is -2.24. The smallest absolute Gasteiger partial charge is 0.253 e. The maximum Gasteiger partial charge on any atom is 0.253 e. The monoisotopic (exact) mass is 265 g/mol. The molecule has 0 aliphatic rings. The van der Waals surface area contributed by atoms with E-state index in [0.717, 1.165) is 18.8 Å². The summed E-state index contributed by atoms with van der Waals surface area (Å²) in [6.07, 6.45) is 0.700. The number of hydrogen-bond donors (Lipinski definition) is 2. The Bertz CT molecular complexity index is 433. The third-order valence-corrected chi connectivity index (χ3v) is 2.99. The van der Waals surface area contributed by atoms with E-state index >= 15 is 0 Å². The van der Waals surface area contributed by atoms with Crippen LogP contribution < -0.4 is 10.6 Å². The van der Waals surface area contributed by atoms with Crippen LogP contribution >= 0.6 is 0 Å². The summed E-state index contributed by atoms with van der Waals surface area (Å²) in [6, 6.07) is 5.36. The van der Waals surface area contributed by atoms with Gasteiger partial charge in [0.2, 0.25) is 0 Å². The summed E-state index contributed by atoms with van der Waals surface area (Å²) in [6.45, 7) is 3.76. The van der Waals surface area contributed by atoms with Gasteiger partial charge in [0.1, 0.15) is 0 Å². The van der Waals surface area contributed by atoms with Crippen LogP contribution in [0.5, 0.6) is 0 Å². The average Bonchev–Trinajstić information content (AvgIpc) is 2.39. The van der Waals surface area contributed by atoms with E-state index in [4.69, 9.17) is 10.8 Å². The second-order valence-electron chi connectivity index (χ2n) is 4.63. The predicted molar refractivity (Wildman–Crippen MR) is 78.5 cm³/mol. The minimum atomic E-state index is -0.0587. The first kappa shape index (κ1) is 15.3. The van der Waals surface area contributed by atoms with Gasteiger partial charge in [0.15, 0.2) is 0 Å². The Morgan fingerprint density at radius 3 is 2.53 bits per heavy atom. The summed E-state index contributed by atoms with van der Waals surface area (Å²) in [5, 5.41) is 8.90. The molecule has 1 aromatic rings. The number of rotatable bonds is 6. The number of aliphatic hydroxyl groups is 1. The van der Waals surface area contributed by atoms with E-state index in [1.54, 1.807) is 26.2 Å². The zero-order chi connectivity index (χ0) is 14.4. The molecule has 19 heavy (non-hydrogen) atoms. The Morgan fingerprint density at radius 1 is 1.37 bits per heavy atom. The van der Waals surface area contributed by atoms with Gasteiger partial charge < -0.3 is 20.6 Å². The van der Waals surface area contributed by atoms with Crippen molar-refractivity contribution in [2.24, 2.45) is 0 Å². The van der Waals surface area contributed by atoms with Gasteiger partial charge in [-0.1, -0.05) is 0 Å². The quantitative estimate of drug-likeness (QED) is 0.758.